The molecule has 0 saturated carbocycles. The third kappa shape index (κ3) is 3.14. The number of nitrogens with zero attached hydrogens (tertiary/aromatic N) is 1. The number of fused-ring (bicyclic) bond motifs is 1. The summed E-state index contributed by atoms with van der Waals surface area (Å²) < 4.78 is 0. The minimum atomic E-state index is -0.499. The zero-order chi connectivity index (χ0) is 18.1. The molecule has 6 nitrogen and oxygen atoms in total. The van der Waals surface area contributed by atoms with Crippen LogP contribution in [0.2, 0.25) is 0 Å². The molecule has 0 atom stereocenters. The van der Waals surface area contributed by atoms with Gasteiger partial charge in [-0.2, -0.15) is 0 Å². The van der Waals surface area contributed by atoms with Gasteiger partial charge in [-0.1, -0.05) is 0 Å². The van der Waals surface area contributed by atoms with Crippen LogP contribution in [-0.4, -0.2) is 29.8 Å². The van der Waals surface area contributed by atoms with Crippen molar-refractivity contribution in [3.05, 3.63) is 57.5 Å². The lowest BCUT2D eigenvalue weighted by molar-refractivity contribution is 0.0971. The average Bonchev–Trinajstić information content (AvgIpc) is 3.17. The SMILES string of the molecule is O=C1CCCc2[nH]c(=O)c(C(=O)Nc3ccc(N4CCCC4)cc3)cc21. The highest BCUT2D eigenvalue weighted by Crippen LogP contribution is 2.23. The van der Waals surface area contributed by atoms with E-state index in [1.54, 1.807) is 0 Å². The van der Waals surface area contributed by atoms with Crippen molar-refractivity contribution < 1.29 is 9.59 Å². The number of carbonyl (C=O) groups excluding carboxylic acids is 2. The number of hydrogen-bond acceptors (Lipinski definition) is 4. The van der Waals surface area contributed by atoms with Gasteiger partial charge in [-0.15, -0.1) is 0 Å². The van der Waals surface area contributed by atoms with Crippen molar-refractivity contribution in [3.63, 3.8) is 0 Å². The number of aryl methyl sites for hydroxylation is 1. The lowest BCUT2D eigenvalue weighted by Gasteiger charge is -2.18. The number of rotatable bonds is 3. The van der Waals surface area contributed by atoms with E-state index in [-0.39, 0.29) is 11.3 Å². The standard InChI is InChI=1S/C20H21N3O3/c24-18-5-3-4-17-15(18)12-16(20(26)22-17)19(25)21-13-6-8-14(9-7-13)23-10-1-2-11-23/h6-9,12H,1-5,10-11H2,(H,21,25)(H,22,26). The van der Waals surface area contributed by atoms with Crippen molar-refractivity contribution in [1.82, 2.24) is 4.98 Å². The molecule has 1 aliphatic heterocycles. The number of ketones is 1. The molecular formula is C20H21N3O3. The molecule has 2 aliphatic rings. The summed E-state index contributed by atoms with van der Waals surface area (Å²) >= 11 is 0. The molecule has 4 rings (SSSR count). The van der Waals surface area contributed by atoms with E-state index in [0.717, 1.165) is 25.2 Å². The number of hydrogen-bond donors (Lipinski definition) is 2. The highest BCUT2D eigenvalue weighted by atomic mass is 16.2. The van der Waals surface area contributed by atoms with Crippen LogP contribution >= 0.6 is 0 Å². The molecule has 1 amide bonds. The number of aromatic amines is 1. The van der Waals surface area contributed by atoms with Gasteiger partial charge in [0.25, 0.3) is 11.5 Å². The predicted octanol–water partition coefficient (Wildman–Crippen LogP) is 2.75. The van der Waals surface area contributed by atoms with Crippen LogP contribution < -0.4 is 15.8 Å². The summed E-state index contributed by atoms with van der Waals surface area (Å²) in [4.78, 5) is 41.8. The third-order valence-electron chi connectivity index (χ3n) is 5.09. The van der Waals surface area contributed by atoms with Crippen LogP contribution in [0.25, 0.3) is 0 Å². The molecule has 2 heterocycles. The van der Waals surface area contributed by atoms with Gasteiger partial charge in [-0.25, -0.2) is 0 Å². The highest BCUT2D eigenvalue weighted by Gasteiger charge is 2.22. The van der Waals surface area contributed by atoms with Crippen LogP contribution in [0.4, 0.5) is 11.4 Å². The molecule has 134 valence electrons. The lowest BCUT2D eigenvalue weighted by atomic mass is 9.93. The second kappa shape index (κ2) is 6.78. The Kier molecular flexibility index (Phi) is 4.32. The van der Waals surface area contributed by atoms with Crippen LogP contribution in [0.15, 0.2) is 35.1 Å². The summed E-state index contributed by atoms with van der Waals surface area (Å²) in [5.41, 5.74) is 2.38. The van der Waals surface area contributed by atoms with Gasteiger partial charge in [0.1, 0.15) is 5.56 Å². The monoisotopic (exact) mass is 351 g/mol. The molecule has 0 radical (unpaired) electrons. The van der Waals surface area contributed by atoms with Crippen molar-refractivity contribution in [2.75, 3.05) is 23.3 Å². The number of H-pyrrole nitrogens is 1. The van der Waals surface area contributed by atoms with E-state index in [9.17, 15) is 14.4 Å². The number of pyridine rings is 1. The first-order chi connectivity index (χ1) is 12.6. The molecule has 6 heteroatoms. The number of carbonyl (C=O) groups is 2. The fourth-order valence-electron chi connectivity index (χ4n) is 3.67. The van der Waals surface area contributed by atoms with Gasteiger partial charge in [0.2, 0.25) is 0 Å². The van der Waals surface area contributed by atoms with Gasteiger partial charge in [0.15, 0.2) is 5.78 Å². The molecule has 1 aliphatic carbocycles. The van der Waals surface area contributed by atoms with Crippen molar-refractivity contribution in [1.29, 1.82) is 0 Å². The molecule has 1 fully saturated rings. The minimum Gasteiger partial charge on any atom is -0.372 e. The second-order valence-corrected chi connectivity index (χ2v) is 6.88. The van der Waals surface area contributed by atoms with Gasteiger partial charge < -0.3 is 15.2 Å². The van der Waals surface area contributed by atoms with Gasteiger partial charge >= 0.3 is 0 Å². The Morgan fingerprint density at radius 1 is 1.00 bits per heavy atom. The number of aromatic nitrogens is 1. The normalized spacial score (nSPS) is 16.5. The van der Waals surface area contributed by atoms with Gasteiger partial charge in [0.05, 0.1) is 0 Å². The first-order valence-electron chi connectivity index (χ1n) is 9.07. The lowest BCUT2D eigenvalue weighted by Crippen LogP contribution is -2.27. The Balaban J connectivity index is 1.54. The number of anilines is 2. The molecule has 1 saturated heterocycles. The Labute approximate surface area is 151 Å². The summed E-state index contributed by atoms with van der Waals surface area (Å²) in [6.07, 6.45) is 4.27. The summed E-state index contributed by atoms with van der Waals surface area (Å²) in [5.74, 6) is -0.520. The number of benzene rings is 1. The van der Waals surface area contributed by atoms with Crippen LogP contribution in [0, 0.1) is 0 Å². The van der Waals surface area contributed by atoms with Crippen LogP contribution in [0.3, 0.4) is 0 Å². The predicted molar refractivity (Wildman–Crippen MR) is 100 cm³/mol. The highest BCUT2D eigenvalue weighted by molar-refractivity contribution is 6.06. The Hall–Kier alpha value is -2.89. The smallest absolute Gasteiger partial charge is 0.261 e. The van der Waals surface area contributed by atoms with E-state index >= 15 is 0 Å². The quantitative estimate of drug-likeness (QED) is 0.891. The minimum absolute atomic E-state index is 0.0217. The van der Waals surface area contributed by atoms with Crippen LogP contribution in [0.5, 0.6) is 0 Å². The number of nitrogens with one attached hydrogen (secondary N) is 2. The largest absolute Gasteiger partial charge is 0.372 e. The van der Waals surface area contributed by atoms with Gasteiger partial charge in [0, 0.05) is 42.1 Å². The Bertz CT molecular complexity index is 909. The van der Waals surface area contributed by atoms with Gasteiger partial charge in [-0.05, 0) is 56.0 Å². The summed E-state index contributed by atoms with van der Waals surface area (Å²) in [5, 5.41) is 2.75. The molecule has 26 heavy (non-hydrogen) atoms. The summed E-state index contributed by atoms with van der Waals surface area (Å²) in [6.45, 7) is 2.12. The van der Waals surface area contributed by atoms with E-state index < -0.39 is 11.5 Å². The van der Waals surface area contributed by atoms with E-state index in [1.807, 2.05) is 24.3 Å². The molecule has 1 aromatic heterocycles. The summed E-state index contributed by atoms with van der Waals surface area (Å²) in [6, 6.07) is 9.05. The van der Waals surface area contributed by atoms with E-state index in [2.05, 4.69) is 15.2 Å². The van der Waals surface area contributed by atoms with Crippen molar-refractivity contribution in [2.45, 2.75) is 32.1 Å². The summed E-state index contributed by atoms with van der Waals surface area (Å²) in [7, 11) is 0. The maximum Gasteiger partial charge on any atom is 0.261 e. The topological polar surface area (TPSA) is 82.3 Å². The zero-order valence-corrected chi connectivity index (χ0v) is 14.5. The maximum absolute atomic E-state index is 12.5. The molecule has 0 spiro atoms. The molecule has 0 bridgehead atoms. The van der Waals surface area contributed by atoms with Crippen molar-refractivity contribution in [3.8, 4) is 0 Å². The zero-order valence-electron chi connectivity index (χ0n) is 14.5. The van der Waals surface area contributed by atoms with Crippen LogP contribution in [0.1, 0.15) is 52.1 Å². The average molecular weight is 351 g/mol. The third-order valence-corrected chi connectivity index (χ3v) is 5.09. The van der Waals surface area contributed by atoms with Gasteiger partial charge in [-0.3, -0.25) is 14.4 Å². The molecular weight excluding hydrogens is 330 g/mol. The Morgan fingerprint density at radius 3 is 2.46 bits per heavy atom. The number of Topliss-reactive ketones (excluding diaryl/α,β-unsaturated/α-hetero) is 1. The fourth-order valence-corrected chi connectivity index (χ4v) is 3.67. The first-order valence-corrected chi connectivity index (χ1v) is 9.07. The molecule has 0 unspecified atom stereocenters. The van der Waals surface area contributed by atoms with E-state index in [4.69, 9.17) is 0 Å². The Morgan fingerprint density at radius 2 is 1.73 bits per heavy atom. The van der Waals surface area contributed by atoms with Crippen molar-refractivity contribution >= 4 is 23.1 Å². The second-order valence-electron chi connectivity index (χ2n) is 6.88. The first kappa shape index (κ1) is 16.6. The molecule has 2 aromatic rings. The number of amides is 1. The van der Waals surface area contributed by atoms with E-state index in [0.29, 0.717) is 29.8 Å². The molecule has 2 N–H and O–H groups in total. The van der Waals surface area contributed by atoms with Crippen LogP contribution in [-0.2, 0) is 6.42 Å². The fraction of sp³-hybridized carbons (Fsp3) is 0.350. The van der Waals surface area contributed by atoms with E-state index in [1.165, 1.54) is 18.9 Å². The van der Waals surface area contributed by atoms with Crippen molar-refractivity contribution in [2.24, 2.45) is 0 Å². The maximum atomic E-state index is 12.5. The molecule has 1 aromatic carbocycles.